The summed E-state index contributed by atoms with van der Waals surface area (Å²) in [6.45, 7) is 2.75. The molecule has 0 aromatic heterocycles. The van der Waals surface area contributed by atoms with Crippen LogP contribution in [0.1, 0.15) is 6.42 Å². The Morgan fingerprint density at radius 1 is 1.21 bits per heavy atom. The summed E-state index contributed by atoms with van der Waals surface area (Å²) in [7, 11) is 3.31. The first-order chi connectivity index (χ1) is 6.76. The fourth-order valence-electron chi connectivity index (χ4n) is 1.02. The zero-order valence-corrected chi connectivity index (χ0v) is 8.90. The SMILES string of the molecule is COCCCN(CCOC)C(N)=NN. The predicted molar refractivity (Wildman–Crippen MR) is 55.8 cm³/mol. The summed E-state index contributed by atoms with van der Waals surface area (Å²) in [6.07, 6.45) is 0.885. The van der Waals surface area contributed by atoms with Crippen LogP contribution in [0.3, 0.4) is 0 Å². The minimum atomic E-state index is 0.332. The van der Waals surface area contributed by atoms with Crippen molar-refractivity contribution in [2.75, 3.05) is 40.5 Å². The molecule has 0 fully saturated rings. The van der Waals surface area contributed by atoms with Crippen LogP contribution in [0.15, 0.2) is 5.10 Å². The third-order valence-corrected chi connectivity index (χ3v) is 1.80. The molecule has 14 heavy (non-hydrogen) atoms. The maximum atomic E-state index is 5.59. The number of rotatable bonds is 7. The van der Waals surface area contributed by atoms with Crippen molar-refractivity contribution in [2.45, 2.75) is 6.42 Å². The van der Waals surface area contributed by atoms with Gasteiger partial charge in [0.05, 0.1) is 6.61 Å². The van der Waals surface area contributed by atoms with E-state index in [0.717, 1.165) is 13.0 Å². The molecule has 0 saturated heterocycles. The molecule has 0 saturated carbocycles. The Balaban J connectivity index is 3.85. The lowest BCUT2D eigenvalue weighted by molar-refractivity contribution is 0.160. The molecule has 0 rings (SSSR count). The van der Waals surface area contributed by atoms with Crippen LogP contribution in [0.25, 0.3) is 0 Å². The Kier molecular flexibility index (Phi) is 7.96. The number of hydrogen-bond acceptors (Lipinski definition) is 4. The quantitative estimate of drug-likeness (QED) is 0.186. The highest BCUT2D eigenvalue weighted by atomic mass is 16.5. The van der Waals surface area contributed by atoms with Gasteiger partial charge in [0.15, 0.2) is 0 Å². The van der Waals surface area contributed by atoms with Gasteiger partial charge in [0, 0.05) is 33.9 Å². The fraction of sp³-hybridized carbons (Fsp3) is 0.875. The van der Waals surface area contributed by atoms with Crippen LogP contribution in [0.5, 0.6) is 0 Å². The molecule has 0 spiro atoms. The third kappa shape index (κ3) is 5.60. The maximum absolute atomic E-state index is 5.59. The number of ether oxygens (including phenoxy) is 2. The largest absolute Gasteiger partial charge is 0.385 e. The molecule has 6 nitrogen and oxygen atoms in total. The molecule has 0 aliphatic carbocycles. The fourth-order valence-corrected chi connectivity index (χ4v) is 1.02. The van der Waals surface area contributed by atoms with E-state index in [2.05, 4.69) is 5.10 Å². The van der Waals surface area contributed by atoms with E-state index in [-0.39, 0.29) is 0 Å². The molecule has 0 radical (unpaired) electrons. The zero-order chi connectivity index (χ0) is 10.8. The van der Waals surface area contributed by atoms with Crippen LogP contribution in [-0.4, -0.2) is 51.4 Å². The Labute approximate surface area is 84.8 Å². The molecule has 84 valence electrons. The molecule has 0 amide bonds. The molecule has 6 heteroatoms. The summed E-state index contributed by atoms with van der Waals surface area (Å²) in [6, 6.07) is 0. The van der Waals surface area contributed by atoms with Gasteiger partial charge in [0.1, 0.15) is 0 Å². The monoisotopic (exact) mass is 204 g/mol. The predicted octanol–water partition coefficient (Wildman–Crippen LogP) is -0.840. The average Bonchev–Trinajstić information content (AvgIpc) is 2.22. The van der Waals surface area contributed by atoms with Crippen LogP contribution in [0, 0.1) is 0 Å². The smallest absolute Gasteiger partial charge is 0.213 e. The molecule has 0 atom stereocenters. The van der Waals surface area contributed by atoms with Gasteiger partial charge in [-0.25, -0.2) is 0 Å². The lowest BCUT2D eigenvalue weighted by Gasteiger charge is -2.22. The molecule has 0 unspecified atom stereocenters. The van der Waals surface area contributed by atoms with E-state index in [1.807, 2.05) is 4.90 Å². The molecule has 0 aromatic rings. The molecular weight excluding hydrogens is 184 g/mol. The van der Waals surface area contributed by atoms with Crippen LogP contribution in [0.2, 0.25) is 0 Å². The number of nitrogens with two attached hydrogens (primary N) is 2. The van der Waals surface area contributed by atoms with E-state index in [4.69, 9.17) is 21.1 Å². The Morgan fingerprint density at radius 3 is 2.36 bits per heavy atom. The number of hydrogen-bond donors (Lipinski definition) is 2. The van der Waals surface area contributed by atoms with E-state index in [9.17, 15) is 0 Å². The van der Waals surface area contributed by atoms with Crippen LogP contribution in [-0.2, 0) is 9.47 Å². The van der Waals surface area contributed by atoms with E-state index in [1.165, 1.54) is 0 Å². The number of nitrogens with zero attached hydrogens (tertiary/aromatic N) is 2. The molecule has 0 heterocycles. The molecule has 0 bridgehead atoms. The zero-order valence-electron chi connectivity index (χ0n) is 8.90. The molecule has 0 aromatic carbocycles. The minimum Gasteiger partial charge on any atom is -0.385 e. The summed E-state index contributed by atoms with van der Waals surface area (Å²) < 4.78 is 9.89. The van der Waals surface area contributed by atoms with Crippen molar-refractivity contribution >= 4 is 5.96 Å². The highest BCUT2D eigenvalue weighted by molar-refractivity contribution is 5.77. The Bertz CT molecular complexity index is 163. The molecule has 4 N–H and O–H groups in total. The second-order valence-electron chi connectivity index (χ2n) is 2.81. The van der Waals surface area contributed by atoms with Gasteiger partial charge < -0.3 is 25.9 Å². The molecule has 0 aliphatic heterocycles. The topological polar surface area (TPSA) is 86.1 Å². The molecule has 0 aliphatic rings. The lowest BCUT2D eigenvalue weighted by Crippen LogP contribution is -2.41. The minimum absolute atomic E-state index is 0.332. The maximum Gasteiger partial charge on any atom is 0.213 e. The number of hydrazone groups is 1. The van der Waals surface area contributed by atoms with Crippen molar-refractivity contribution in [3.63, 3.8) is 0 Å². The highest BCUT2D eigenvalue weighted by Gasteiger charge is 2.06. The van der Waals surface area contributed by atoms with Gasteiger partial charge in [-0.05, 0) is 6.42 Å². The normalized spacial score (nSPS) is 11.7. The molecular formula is C8H20N4O2. The van der Waals surface area contributed by atoms with E-state index in [0.29, 0.717) is 25.7 Å². The van der Waals surface area contributed by atoms with Gasteiger partial charge in [-0.15, -0.1) is 5.10 Å². The van der Waals surface area contributed by atoms with Gasteiger partial charge in [-0.2, -0.15) is 0 Å². The lowest BCUT2D eigenvalue weighted by atomic mass is 10.4. The Hall–Kier alpha value is -1.01. The first-order valence-corrected chi connectivity index (χ1v) is 4.52. The van der Waals surface area contributed by atoms with E-state index >= 15 is 0 Å². The van der Waals surface area contributed by atoms with Crippen molar-refractivity contribution < 1.29 is 9.47 Å². The van der Waals surface area contributed by atoms with Crippen LogP contribution >= 0.6 is 0 Å². The second-order valence-corrected chi connectivity index (χ2v) is 2.81. The summed E-state index contributed by atoms with van der Waals surface area (Å²) >= 11 is 0. The first-order valence-electron chi connectivity index (χ1n) is 4.52. The second kappa shape index (κ2) is 8.58. The van der Waals surface area contributed by atoms with Crippen LogP contribution < -0.4 is 11.6 Å². The summed E-state index contributed by atoms with van der Waals surface area (Å²) in [5, 5.41) is 3.44. The van der Waals surface area contributed by atoms with Crippen molar-refractivity contribution in [3.05, 3.63) is 0 Å². The summed E-state index contributed by atoms with van der Waals surface area (Å²) in [5.74, 6) is 5.43. The standard InChI is InChI=1S/C8H20N4O2/c1-13-6-3-4-12(5-7-14-2)8(9)11-10/h3-7,10H2,1-2H3,(H2,9,11). The van der Waals surface area contributed by atoms with Gasteiger partial charge in [0.25, 0.3) is 0 Å². The van der Waals surface area contributed by atoms with Gasteiger partial charge in [-0.3, -0.25) is 0 Å². The third-order valence-electron chi connectivity index (χ3n) is 1.80. The van der Waals surface area contributed by atoms with Gasteiger partial charge >= 0.3 is 0 Å². The van der Waals surface area contributed by atoms with Gasteiger partial charge in [0.2, 0.25) is 5.96 Å². The highest BCUT2D eigenvalue weighted by Crippen LogP contribution is 1.92. The average molecular weight is 204 g/mol. The first kappa shape index (κ1) is 13.0. The Morgan fingerprint density at radius 2 is 1.86 bits per heavy atom. The summed E-state index contributed by atoms with van der Waals surface area (Å²) in [5.41, 5.74) is 5.59. The van der Waals surface area contributed by atoms with Crippen molar-refractivity contribution in [3.8, 4) is 0 Å². The van der Waals surface area contributed by atoms with Crippen molar-refractivity contribution in [2.24, 2.45) is 16.7 Å². The van der Waals surface area contributed by atoms with E-state index in [1.54, 1.807) is 14.2 Å². The van der Waals surface area contributed by atoms with Crippen molar-refractivity contribution in [1.29, 1.82) is 0 Å². The van der Waals surface area contributed by atoms with E-state index < -0.39 is 0 Å². The van der Waals surface area contributed by atoms with Crippen LogP contribution in [0.4, 0.5) is 0 Å². The van der Waals surface area contributed by atoms with Crippen molar-refractivity contribution in [1.82, 2.24) is 4.90 Å². The number of guanidine groups is 1. The van der Waals surface area contributed by atoms with Gasteiger partial charge in [-0.1, -0.05) is 0 Å². The summed E-state index contributed by atoms with van der Waals surface area (Å²) in [4.78, 5) is 1.86. The number of methoxy groups -OCH3 is 2.